The fourth-order valence-corrected chi connectivity index (χ4v) is 3.21. The summed E-state index contributed by atoms with van der Waals surface area (Å²) in [5.41, 5.74) is 7.13. The van der Waals surface area contributed by atoms with Gasteiger partial charge in [-0.1, -0.05) is 25.1 Å². The Hall–Kier alpha value is -1.11. The van der Waals surface area contributed by atoms with Gasteiger partial charge in [0.1, 0.15) is 0 Å². The molecule has 0 aromatic heterocycles. The minimum atomic E-state index is -3.50. The second-order valence-corrected chi connectivity index (χ2v) is 6.08. The molecule has 0 saturated carbocycles. The Labute approximate surface area is 116 Å². The Balaban J connectivity index is 3.04. The summed E-state index contributed by atoms with van der Waals surface area (Å²) in [6.07, 6.45) is 1.39. The van der Waals surface area contributed by atoms with Gasteiger partial charge in [0.15, 0.2) is 0 Å². The number of hydrogen-bond donors (Lipinski definition) is 2. The van der Waals surface area contributed by atoms with Crippen LogP contribution >= 0.6 is 0 Å². The zero-order chi connectivity index (χ0) is 14.3. The molecule has 0 radical (unpaired) electrons. The lowest BCUT2D eigenvalue weighted by Gasteiger charge is -2.25. The molecular weight excluding hydrogens is 262 g/mol. The highest BCUT2D eigenvalue weighted by atomic mass is 32.2. The fourth-order valence-electron chi connectivity index (χ4n) is 1.76. The van der Waals surface area contributed by atoms with Crippen LogP contribution in [0.5, 0.6) is 0 Å². The van der Waals surface area contributed by atoms with Crippen molar-refractivity contribution in [2.75, 3.05) is 23.9 Å². The van der Waals surface area contributed by atoms with Gasteiger partial charge in [-0.05, 0) is 37.9 Å². The lowest BCUT2D eigenvalue weighted by atomic mass is 10.2. The summed E-state index contributed by atoms with van der Waals surface area (Å²) in [4.78, 5) is 0. The number of nitrogens with one attached hydrogen (secondary N) is 1. The first-order chi connectivity index (χ1) is 9.03. The molecule has 6 heteroatoms. The van der Waals surface area contributed by atoms with Crippen LogP contribution in [0.15, 0.2) is 24.3 Å². The van der Waals surface area contributed by atoms with Crippen molar-refractivity contribution in [2.45, 2.75) is 26.7 Å². The van der Waals surface area contributed by atoms with E-state index in [4.69, 9.17) is 5.73 Å². The predicted octanol–water partition coefficient (Wildman–Crippen LogP) is 1.39. The fraction of sp³-hybridized carbons (Fsp3) is 0.538. The molecule has 108 valence electrons. The Morgan fingerprint density at radius 1 is 1.32 bits per heavy atom. The first kappa shape index (κ1) is 15.9. The summed E-state index contributed by atoms with van der Waals surface area (Å²) >= 11 is 0. The maximum atomic E-state index is 12.3. The molecule has 0 heterocycles. The van der Waals surface area contributed by atoms with E-state index in [1.807, 2.05) is 38.1 Å². The van der Waals surface area contributed by atoms with Crippen molar-refractivity contribution in [3.8, 4) is 0 Å². The summed E-state index contributed by atoms with van der Waals surface area (Å²) in [6.45, 7) is 5.13. The Morgan fingerprint density at radius 3 is 2.58 bits per heavy atom. The Kier molecular flexibility index (Phi) is 6.27. The van der Waals surface area contributed by atoms with Crippen molar-refractivity contribution in [1.29, 1.82) is 0 Å². The van der Waals surface area contributed by atoms with Gasteiger partial charge in [-0.3, -0.25) is 4.31 Å². The van der Waals surface area contributed by atoms with Gasteiger partial charge in [-0.25, -0.2) is 0 Å². The molecule has 0 aliphatic carbocycles. The lowest BCUT2D eigenvalue weighted by molar-refractivity contribution is 0.574. The van der Waals surface area contributed by atoms with Crippen LogP contribution in [0, 0.1) is 6.92 Å². The summed E-state index contributed by atoms with van der Waals surface area (Å²) in [5, 5.41) is 0. The molecule has 0 atom stereocenters. The smallest absolute Gasteiger partial charge is 0.301 e. The van der Waals surface area contributed by atoms with E-state index in [9.17, 15) is 8.42 Å². The highest BCUT2D eigenvalue weighted by Gasteiger charge is 2.22. The summed E-state index contributed by atoms with van der Waals surface area (Å²) in [5.74, 6) is 0. The van der Waals surface area contributed by atoms with E-state index in [1.165, 1.54) is 4.31 Å². The number of nitrogens with two attached hydrogens (primary N) is 1. The first-order valence-corrected chi connectivity index (χ1v) is 8.00. The molecule has 0 amide bonds. The molecule has 0 aliphatic rings. The minimum absolute atomic E-state index is 0.389. The molecule has 0 aliphatic heterocycles. The molecule has 1 aromatic carbocycles. The number of anilines is 1. The molecule has 1 aromatic rings. The van der Waals surface area contributed by atoms with Gasteiger partial charge < -0.3 is 5.73 Å². The highest BCUT2D eigenvalue weighted by molar-refractivity contribution is 7.90. The van der Waals surface area contributed by atoms with Gasteiger partial charge in [-0.15, -0.1) is 0 Å². The zero-order valence-corrected chi connectivity index (χ0v) is 12.4. The molecule has 1 rings (SSSR count). The average Bonchev–Trinajstić information content (AvgIpc) is 2.38. The summed E-state index contributed by atoms with van der Waals surface area (Å²) in [7, 11) is -3.50. The standard InChI is InChI=1S/C13H23N3O2S/c1-3-10-15-19(17,18)16(11-6-9-14)13-8-5-4-7-12(13)2/h4-5,7-8,15H,3,6,9-11,14H2,1-2H3. The van der Waals surface area contributed by atoms with Gasteiger partial charge in [-0.2, -0.15) is 13.1 Å². The summed E-state index contributed by atoms with van der Waals surface area (Å²) in [6, 6.07) is 7.45. The minimum Gasteiger partial charge on any atom is -0.330 e. The van der Waals surface area contributed by atoms with Gasteiger partial charge in [0, 0.05) is 13.1 Å². The van der Waals surface area contributed by atoms with Crippen LogP contribution in [0.4, 0.5) is 5.69 Å². The second kappa shape index (κ2) is 7.47. The molecule has 0 bridgehead atoms. The highest BCUT2D eigenvalue weighted by Crippen LogP contribution is 2.22. The van der Waals surface area contributed by atoms with Crippen molar-refractivity contribution >= 4 is 15.9 Å². The average molecular weight is 285 g/mol. The molecule has 0 fully saturated rings. The van der Waals surface area contributed by atoms with E-state index in [2.05, 4.69) is 4.72 Å². The second-order valence-electron chi connectivity index (χ2n) is 4.40. The molecule has 19 heavy (non-hydrogen) atoms. The van der Waals surface area contributed by atoms with E-state index < -0.39 is 10.2 Å². The number of rotatable bonds is 8. The monoisotopic (exact) mass is 285 g/mol. The number of nitrogens with zero attached hydrogens (tertiary/aromatic N) is 1. The number of benzene rings is 1. The van der Waals surface area contributed by atoms with Gasteiger partial charge in [0.2, 0.25) is 0 Å². The number of hydrogen-bond acceptors (Lipinski definition) is 3. The third kappa shape index (κ3) is 4.49. The molecule has 0 saturated heterocycles. The van der Waals surface area contributed by atoms with E-state index in [0.29, 0.717) is 31.7 Å². The van der Waals surface area contributed by atoms with E-state index in [1.54, 1.807) is 0 Å². The van der Waals surface area contributed by atoms with Crippen LogP contribution in [0.3, 0.4) is 0 Å². The first-order valence-electron chi connectivity index (χ1n) is 6.56. The predicted molar refractivity (Wildman–Crippen MR) is 79.4 cm³/mol. The SMILES string of the molecule is CCCNS(=O)(=O)N(CCCN)c1ccccc1C. The van der Waals surface area contributed by atoms with Crippen molar-refractivity contribution < 1.29 is 8.42 Å². The largest absolute Gasteiger partial charge is 0.330 e. The van der Waals surface area contributed by atoms with Crippen LogP contribution in [0.1, 0.15) is 25.3 Å². The Morgan fingerprint density at radius 2 is 2.00 bits per heavy atom. The number of aryl methyl sites for hydroxylation is 1. The molecule has 3 N–H and O–H groups in total. The van der Waals surface area contributed by atoms with Gasteiger partial charge >= 0.3 is 10.2 Å². The van der Waals surface area contributed by atoms with E-state index >= 15 is 0 Å². The van der Waals surface area contributed by atoms with Crippen LogP contribution < -0.4 is 14.8 Å². The van der Waals surface area contributed by atoms with Crippen LogP contribution in [-0.4, -0.2) is 28.1 Å². The van der Waals surface area contributed by atoms with Gasteiger partial charge in [0.25, 0.3) is 0 Å². The van der Waals surface area contributed by atoms with Crippen molar-refractivity contribution in [2.24, 2.45) is 5.73 Å². The van der Waals surface area contributed by atoms with Crippen LogP contribution in [0.2, 0.25) is 0 Å². The van der Waals surface area contributed by atoms with Crippen LogP contribution in [0.25, 0.3) is 0 Å². The molecular formula is C13H23N3O2S. The van der Waals surface area contributed by atoms with Crippen molar-refractivity contribution in [3.05, 3.63) is 29.8 Å². The third-order valence-corrected chi connectivity index (χ3v) is 4.30. The van der Waals surface area contributed by atoms with Crippen molar-refractivity contribution in [3.63, 3.8) is 0 Å². The normalized spacial score (nSPS) is 11.5. The topological polar surface area (TPSA) is 75.4 Å². The quantitative estimate of drug-likeness (QED) is 0.758. The zero-order valence-electron chi connectivity index (χ0n) is 11.6. The Bertz CT molecular complexity index is 488. The third-order valence-electron chi connectivity index (χ3n) is 2.77. The molecule has 0 spiro atoms. The lowest BCUT2D eigenvalue weighted by Crippen LogP contribution is -2.42. The molecule has 0 unspecified atom stereocenters. The summed E-state index contributed by atoms with van der Waals surface area (Å²) < 4.78 is 28.7. The van der Waals surface area contributed by atoms with Gasteiger partial charge in [0.05, 0.1) is 5.69 Å². The number of para-hydroxylation sites is 1. The maximum Gasteiger partial charge on any atom is 0.301 e. The van der Waals surface area contributed by atoms with Crippen molar-refractivity contribution in [1.82, 2.24) is 4.72 Å². The van der Waals surface area contributed by atoms with E-state index in [0.717, 1.165) is 12.0 Å². The van der Waals surface area contributed by atoms with Crippen LogP contribution in [-0.2, 0) is 10.2 Å². The molecule has 5 nitrogen and oxygen atoms in total. The maximum absolute atomic E-state index is 12.3. The van der Waals surface area contributed by atoms with E-state index in [-0.39, 0.29) is 0 Å².